The number of aliphatic hydroxyl groups excluding tert-OH is 2. The maximum atomic E-state index is 9.45. The standard InChI is InChI=1S/C18H38O4S/c1-3-4-5-6-7-8-9-10-11-12-15-23(16-13-19,17-14-20)22-18(2)21/h19-20H,3-17H2,1-2H3/p+1. The molecular formula is C18H39O4S+. The first-order valence-corrected chi connectivity index (χ1v) is 11.4. The van der Waals surface area contributed by atoms with Gasteiger partial charge in [-0.15, -0.1) is 0 Å². The highest BCUT2D eigenvalue weighted by atomic mass is 32.3. The van der Waals surface area contributed by atoms with Gasteiger partial charge in [-0.2, -0.15) is 0 Å². The topological polar surface area (TPSA) is 71.1 Å². The van der Waals surface area contributed by atoms with Crippen molar-refractivity contribution < 1.29 is 19.2 Å². The van der Waals surface area contributed by atoms with Crippen LogP contribution in [0.5, 0.6) is 0 Å². The van der Waals surface area contributed by atoms with Crippen molar-refractivity contribution >= 4 is 16.3 Å². The van der Waals surface area contributed by atoms with Crippen LogP contribution in [0.2, 0.25) is 0 Å². The lowest BCUT2D eigenvalue weighted by atomic mass is 10.1. The van der Waals surface area contributed by atoms with Crippen molar-refractivity contribution in [1.29, 1.82) is 0 Å². The summed E-state index contributed by atoms with van der Waals surface area (Å²) in [5.41, 5.74) is 0. The van der Waals surface area contributed by atoms with Gasteiger partial charge < -0.3 is 15.0 Å². The Morgan fingerprint density at radius 2 is 1.22 bits per heavy atom. The smallest absolute Gasteiger partial charge is 0.395 e. The summed E-state index contributed by atoms with van der Waals surface area (Å²) in [4.78, 5) is 9.45. The minimum Gasteiger partial charge on any atom is -0.395 e. The molecule has 0 saturated carbocycles. The van der Waals surface area contributed by atoms with Gasteiger partial charge in [0, 0.05) is 16.1 Å². The average Bonchev–Trinajstić information content (AvgIpc) is 2.49. The Morgan fingerprint density at radius 3 is 1.61 bits per heavy atom. The maximum Gasteiger partial charge on any atom is 0.491 e. The fourth-order valence-corrected chi connectivity index (χ4v) is 5.64. The van der Waals surface area contributed by atoms with Gasteiger partial charge in [-0.25, -0.2) is 0 Å². The van der Waals surface area contributed by atoms with E-state index in [1.54, 1.807) is 0 Å². The molecule has 140 valence electrons. The van der Waals surface area contributed by atoms with Crippen LogP contribution in [0.1, 0.15) is 78.1 Å². The Hall–Kier alpha value is -0.260. The first kappa shape index (κ1) is 22.7. The molecule has 3 N–H and O–H groups in total. The molecule has 0 aliphatic carbocycles. The van der Waals surface area contributed by atoms with Crippen molar-refractivity contribution in [3.63, 3.8) is 0 Å². The van der Waals surface area contributed by atoms with Crippen molar-refractivity contribution in [1.82, 2.24) is 0 Å². The lowest BCUT2D eigenvalue weighted by Gasteiger charge is -2.30. The van der Waals surface area contributed by atoms with Gasteiger partial charge in [-0.05, 0) is 6.42 Å². The van der Waals surface area contributed by atoms with E-state index >= 15 is 0 Å². The quantitative estimate of drug-likeness (QED) is 0.324. The Balaban J connectivity index is 3.87. The van der Waals surface area contributed by atoms with Crippen molar-refractivity contribution in [2.75, 3.05) is 30.5 Å². The highest BCUT2D eigenvalue weighted by Crippen LogP contribution is 2.49. The lowest BCUT2D eigenvalue weighted by Crippen LogP contribution is -2.23. The van der Waals surface area contributed by atoms with Crippen LogP contribution in [0.4, 0.5) is 0 Å². The summed E-state index contributed by atoms with van der Waals surface area (Å²) in [6.07, 6.45) is 12.8. The van der Waals surface area contributed by atoms with Crippen LogP contribution in [0.15, 0.2) is 0 Å². The second-order valence-corrected chi connectivity index (χ2v) is 9.63. The molecule has 0 unspecified atom stereocenters. The molecule has 0 rings (SSSR count). The first-order valence-electron chi connectivity index (χ1n) is 9.30. The molecule has 4 nitrogen and oxygen atoms in total. The molecule has 0 saturated heterocycles. The minimum atomic E-state index is -1.59. The number of hydrogen-bond acceptors (Lipinski definition) is 3. The summed E-state index contributed by atoms with van der Waals surface area (Å²) in [7, 11) is -1.59. The number of unbranched alkanes of at least 4 members (excludes halogenated alkanes) is 9. The fraction of sp³-hybridized carbons (Fsp3) is 0.944. The lowest BCUT2D eigenvalue weighted by molar-refractivity contribution is 0.311. The third-order valence-corrected chi connectivity index (χ3v) is 7.57. The molecule has 0 atom stereocenters. The zero-order valence-corrected chi connectivity index (χ0v) is 16.1. The van der Waals surface area contributed by atoms with Gasteiger partial charge in [-0.3, -0.25) is 4.18 Å². The van der Waals surface area contributed by atoms with E-state index < -0.39 is 10.3 Å². The van der Waals surface area contributed by atoms with Crippen LogP contribution >= 0.6 is 10.3 Å². The van der Waals surface area contributed by atoms with Gasteiger partial charge in [0.15, 0.2) is 0 Å². The van der Waals surface area contributed by atoms with E-state index in [4.69, 9.17) is 4.18 Å². The molecular weight excluding hydrogens is 312 g/mol. The summed E-state index contributed by atoms with van der Waals surface area (Å²) in [5, 5.41) is 18.5. The average molecular weight is 352 g/mol. The van der Waals surface area contributed by atoms with Crippen molar-refractivity contribution in [3.8, 4) is 0 Å². The largest absolute Gasteiger partial charge is 0.491 e. The number of rotatable bonds is 16. The SMILES string of the molecule is CCCCCCCCCCCCS(CCO)(CCO)OC(C)=[OH+]. The van der Waals surface area contributed by atoms with Gasteiger partial charge in [0.05, 0.1) is 31.6 Å². The second kappa shape index (κ2) is 15.3. The predicted molar refractivity (Wildman–Crippen MR) is 102 cm³/mol. The summed E-state index contributed by atoms with van der Waals surface area (Å²) in [5.74, 6) is 1.86. The van der Waals surface area contributed by atoms with Crippen molar-refractivity contribution in [2.45, 2.75) is 78.1 Å². The number of carbonyl (C=O) groups excluding carboxylic acids is 1. The minimum absolute atomic E-state index is 0.0420. The van der Waals surface area contributed by atoms with E-state index in [1.165, 1.54) is 58.3 Å². The van der Waals surface area contributed by atoms with Crippen LogP contribution < -0.4 is 0 Å². The summed E-state index contributed by atoms with van der Waals surface area (Å²) in [6.45, 7) is 3.85. The predicted octanol–water partition coefficient (Wildman–Crippen LogP) is 4.15. The maximum absolute atomic E-state index is 9.45. The third-order valence-electron chi connectivity index (χ3n) is 4.09. The molecule has 0 fully saturated rings. The van der Waals surface area contributed by atoms with Gasteiger partial charge >= 0.3 is 5.97 Å². The van der Waals surface area contributed by atoms with Gasteiger partial charge in [0.2, 0.25) is 0 Å². The van der Waals surface area contributed by atoms with Crippen LogP contribution in [0.3, 0.4) is 0 Å². The van der Waals surface area contributed by atoms with E-state index in [0.29, 0.717) is 11.5 Å². The monoisotopic (exact) mass is 351 g/mol. The molecule has 0 aliphatic heterocycles. The Bertz CT molecular complexity index is 278. The van der Waals surface area contributed by atoms with E-state index in [2.05, 4.69) is 6.92 Å². The molecule has 23 heavy (non-hydrogen) atoms. The highest BCUT2D eigenvalue weighted by molar-refractivity contribution is 8.30. The molecule has 0 aromatic rings. The zero-order valence-electron chi connectivity index (χ0n) is 15.3. The Labute approximate surface area is 144 Å². The van der Waals surface area contributed by atoms with Gasteiger partial charge in [0.1, 0.15) is 0 Å². The van der Waals surface area contributed by atoms with E-state index in [0.717, 1.165) is 18.6 Å². The number of aliphatic hydroxyl groups is 2. The van der Waals surface area contributed by atoms with Crippen LogP contribution in [-0.4, -0.2) is 51.4 Å². The zero-order chi connectivity index (χ0) is 17.4. The Kier molecular flexibility index (Phi) is 15.1. The molecule has 5 heteroatoms. The van der Waals surface area contributed by atoms with Crippen molar-refractivity contribution in [3.05, 3.63) is 0 Å². The fourth-order valence-electron chi connectivity index (χ4n) is 2.87. The van der Waals surface area contributed by atoms with Crippen LogP contribution in [-0.2, 0) is 4.18 Å². The highest BCUT2D eigenvalue weighted by Gasteiger charge is 2.32. The normalized spacial score (nSPS) is 12.3. The molecule has 0 aromatic carbocycles. The third kappa shape index (κ3) is 12.8. The van der Waals surface area contributed by atoms with Crippen LogP contribution in [0, 0.1) is 0 Å². The van der Waals surface area contributed by atoms with E-state index in [-0.39, 0.29) is 19.2 Å². The van der Waals surface area contributed by atoms with Gasteiger partial charge in [-0.1, -0.05) is 64.7 Å². The second-order valence-electron chi connectivity index (χ2n) is 6.31. The van der Waals surface area contributed by atoms with Gasteiger partial charge in [0.25, 0.3) is 0 Å². The molecule has 0 spiro atoms. The molecule has 0 aliphatic rings. The molecule has 0 radical (unpaired) electrons. The first-order chi connectivity index (χ1) is 11.1. The van der Waals surface area contributed by atoms with E-state index in [9.17, 15) is 15.0 Å². The Morgan fingerprint density at radius 1 is 0.783 bits per heavy atom. The van der Waals surface area contributed by atoms with Crippen LogP contribution in [0.25, 0.3) is 0 Å². The van der Waals surface area contributed by atoms with E-state index in [1.807, 2.05) is 0 Å². The summed E-state index contributed by atoms with van der Waals surface area (Å²) in [6, 6.07) is 0. The van der Waals surface area contributed by atoms with Crippen molar-refractivity contribution in [2.24, 2.45) is 0 Å². The number of hydrogen-bond donors (Lipinski definition) is 2. The molecule has 0 amide bonds. The molecule has 0 bridgehead atoms. The summed E-state index contributed by atoms with van der Waals surface area (Å²) >= 11 is 0. The summed E-state index contributed by atoms with van der Waals surface area (Å²) < 4.78 is 5.64. The molecule has 0 aromatic heterocycles. The molecule has 0 heterocycles.